The molecular formula is C23H26Cl2F2N2O3. The average molecular weight is 487 g/mol. The third kappa shape index (κ3) is 5.06. The molecule has 2 heterocycles. The molecule has 1 aromatic carbocycles. The fraction of sp³-hybridized carbons (Fsp3) is 0.478. The first-order chi connectivity index (χ1) is 14.8. The van der Waals surface area contributed by atoms with Gasteiger partial charge in [-0.3, -0.25) is 9.69 Å². The Morgan fingerprint density at radius 3 is 2.59 bits per heavy atom. The molecule has 0 radical (unpaired) electrons. The number of nitrogens with zero attached hydrogens (tertiary/aromatic N) is 2. The van der Waals surface area contributed by atoms with Gasteiger partial charge in [0.1, 0.15) is 11.0 Å². The molecular weight excluding hydrogens is 461 g/mol. The first kappa shape index (κ1) is 24.8. The predicted molar refractivity (Wildman–Crippen MR) is 119 cm³/mol. The lowest BCUT2D eigenvalue weighted by Crippen LogP contribution is -2.50. The Morgan fingerprint density at radius 1 is 1.31 bits per heavy atom. The summed E-state index contributed by atoms with van der Waals surface area (Å²) < 4.78 is 29.5. The Hall–Kier alpha value is -1.80. The maximum absolute atomic E-state index is 15.1. The number of aliphatic hydroxyl groups is 1. The van der Waals surface area contributed by atoms with Crippen molar-refractivity contribution in [3.05, 3.63) is 62.9 Å². The van der Waals surface area contributed by atoms with Crippen LogP contribution in [0.25, 0.3) is 0 Å². The minimum absolute atomic E-state index is 0.0130. The molecule has 0 bridgehead atoms. The van der Waals surface area contributed by atoms with Gasteiger partial charge in [0.15, 0.2) is 5.82 Å². The molecule has 1 aromatic heterocycles. The molecule has 1 fully saturated rings. The van der Waals surface area contributed by atoms with Crippen LogP contribution in [0.2, 0.25) is 10.2 Å². The van der Waals surface area contributed by atoms with Crippen LogP contribution >= 0.6 is 23.2 Å². The second-order valence-corrected chi connectivity index (χ2v) is 9.86. The van der Waals surface area contributed by atoms with E-state index in [4.69, 9.17) is 23.2 Å². The number of piperidine rings is 1. The van der Waals surface area contributed by atoms with Crippen molar-refractivity contribution in [2.45, 2.75) is 58.2 Å². The van der Waals surface area contributed by atoms with E-state index in [9.17, 15) is 19.4 Å². The van der Waals surface area contributed by atoms with Crippen LogP contribution in [0.3, 0.4) is 0 Å². The second kappa shape index (κ2) is 9.21. The van der Waals surface area contributed by atoms with Crippen LogP contribution in [0.1, 0.15) is 50.4 Å². The SMILES string of the molecule is C[C@@H]1C[C@](Cc2nc(Cl)cc(C(C)(C)O)c2F)(C(=O)O)CCN1Cc1cccc(Cl)c1F. The molecule has 1 aliphatic rings. The summed E-state index contributed by atoms with van der Waals surface area (Å²) in [5.74, 6) is -2.29. The predicted octanol–water partition coefficient (Wildman–Crippen LogP) is 5.19. The molecule has 2 aromatic rings. The largest absolute Gasteiger partial charge is 0.481 e. The minimum atomic E-state index is -1.50. The fourth-order valence-electron chi connectivity index (χ4n) is 4.36. The number of carboxylic acids is 1. The second-order valence-electron chi connectivity index (χ2n) is 9.06. The van der Waals surface area contributed by atoms with Crippen molar-refractivity contribution in [2.24, 2.45) is 5.41 Å². The Kier molecular flexibility index (Phi) is 7.15. The quantitative estimate of drug-likeness (QED) is 0.549. The van der Waals surface area contributed by atoms with Gasteiger partial charge in [-0.2, -0.15) is 0 Å². The zero-order chi connectivity index (χ0) is 23.8. The Bertz CT molecular complexity index is 1030. The number of rotatable bonds is 6. The van der Waals surface area contributed by atoms with Gasteiger partial charge in [-0.25, -0.2) is 13.8 Å². The number of carboxylic acid groups (broad SMARTS) is 1. The van der Waals surface area contributed by atoms with Gasteiger partial charge >= 0.3 is 5.97 Å². The van der Waals surface area contributed by atoms with Crippen LogP contribution in [-0.4, -0.2) is 38.7 Å². The summed E-state index contributed by atoms with van der Waals surface area (Å²) in [5.41, 5.74) is -2.45. The zero-order valence-corrected chi connectivity index (χ0v) is 19.6. The molecule has 5 nitrogen and oxygen atoms in total. The van der Waals surface area contributed by atoms with Crippen molar-refractivity contribution in [3.8, 4) is 0 Å². The third-order valence-corrected chi connectivity index (χ3v) is 6.69. The van der Waals surface area contributed by atoms with E-state index in [-0.39, 0.29) is 53.3 Å². The molecule has 2 N–H and O–H groups in total. The van der Waals surface area contributed by atoms with Crippen LogP contribution in [0.4, 0.5) is 8.78 Å². The number of benzene rings is 1. The number of hydrogen-bond donors (Lipinski definition) is 2. The van der Waals surface area contributed by atoms with E-state index >= 15 is 4.39 Å². The van der Waals surface area contributed by atoms with E-state index in [1.807, 2.05) is 11.8 Å². The molecule has 1 saturated heterocycles. The van der Waals surface area contributed by atoms with Gasteiger partial charge in [0.05, 0.1) is 21.7 Å². The highest BCUT2D eigenvalue weighted by Crippen LogP contribution is 2.40. The van der Waals surface area contributed by atoms with Crippen molar-refractivity contribution < 1.29 is 23.8 Å². The smallest absolute Gasteiger partial charge is 0.310 e. The number of aromatic nitrogens is 1. The first-order valence-electron chi connectivity index (χ1n) is 10.3. The van der Waals surface area contributed by atoms with Crippen molar-refractivity contribution in [1.82, 2.24) is 9.88 Å². The Labute approximate surface area is 196 Å². The van der Waals surface area contributed by atoms with Crippen LogP contribution in [-0.2, 0) is 23.4 Å². The van der Waals surface area contributed by atoms with Crippen LogP contribution < -0.4 is 0 Å². The molecule has 9 heteroatoms. The highest BCUT2D eigenvalue weighted by molar-refractivity contribution is 6.30. The summed E-state index contributed by atoms with van der Waals surface area (Å²) in [4.78, 5) is 18.4. The van der Waals surface area contributed by atoms with Gasteiger partial charge in [-0.15, -0.1) is 0 Å². The molecule has 32 heavy (non-hydrogen) atoms. The highest BCUT2D eigenvalue weighted by atomic mass is 35.5. The van der Waals surface area contributed by atoms with Crippen LogP contribution in [0.5, 0.6) is 0 Å². The summed E-state index contributed by atoms with van der Waals surface area (Å²) in [7, 11) is 0. The van der Waals surface area contributed by atoms with Crippen molar-refractivity contribution in [2.75, 3.05) is 6.54 Å². The van der Waals surface area contributed by atoms with E-state index in [0.717, 1.165) is 0 Å². The highest BCUT2D eigenvalue weighted by Gasteiger charge is 2.45. The number of halogens is 4. The Balaban J connectivity index is 1.86. The van der Waals surface area contributed by atoms with E-state index in [2.05, 4.69) is 4.98 Å². The molecule has 3 rings (SSSR count). The van der Waals surface area contributed by atoms with E-state index < -0.39 is 28.6 Å². The average Bonchev–Trinajstić information content (AvgIpc) is 2.69. The molecule has 0 amide bonds. The van der Waals surface area contributed by atoms with Gasteiger partial charge in [0, 0.05) is 30.1 Å². The molecule has 0 aliphatic carbocycles. The molecule has 0 saturated carbocycles. The number of aliphatic carboxylic acids is 1. The first-order valence-corrected chi connectivity index (χ1v) is 11.1. The van der Waals surface area contributed by atoms with Crippen molar-refractivity contribution >= 4 is 29.2 Å². The standard InChI is InChI=1S/C23H26Cl2F2N2O3/c1-13-10-23(21(30)31,7-8-29(13)12-14-5-4-6-16(24)19(14)26)11-17-20(27)15(22(2,3)32)9-18(25)28-17/h4-6,9,13,32H,7-8,10-12H2,1-3H3,(H,30,31)/t13-,23-/m1/s1. The van der Waals surface area contributed by atoms with Gasteiger partial charge in [0.25, 0.3) is 0 Å². The summed E-state index contributed by atoms with van der Waals surface area (Å²) in [6.45, 7) is 5.38. The molecule has 174 valence electrons. The fourth-order valence-corrected chi connectivity index (χ4v) is 4.77. The topological polar surface area (TPSA) is 73.7 Å². The number of hydrogen-bond acceptors (Lipinski definition) is 4. The molecule has 2 atom stereocenters. The van der Waals surface area contributed by atoms with E-state index in [1.54, 1.807) is 12.1 Å². The summed E-state index contributed by atoms with van der Waals surface area (Å²) >= 11 is 11.9. The number of likely N-dealkylation sites (tertiary alicyclic amines) is 1. The maximum atomic E-state index is 15.1. The van der Waals surface area contributed by atoms with Crippen molar-refractivity contribution in [3.63, 3.8) is 0 Å². The van der Waals surface area contributed by atoms with Gasteiger partial charge in [-0.05, 0) is 52.3 Å². The minimum Gasteiger partial charge on any atom is -0.481 e. The molecule has 1 aliphatic heterocycles. The lowest BCUT2D eigenvalue weighted by molar-refractivity contribution is -0.153. The van der Waals surface area contributed by atoms with E-state index in [0.29, 0.717) is 12.1 Å². The molecule has 0 unspecified atom stereocenters. The lowest BCUT2D eigenvalue weighted by atomic mass is 9.72. The number of carbonyl (C=O) groups is 1. The van der Waals surface area contributed by atoms with Crippen LogP contribution in [0.15, 0.2) is 24.3 Å². The Morgan fingerprint density at radius 2 is 2.00 bits per heavy atom. The number of pyridine rings is 1. The maximum Gasteiger partial charge on any atom is 0.310 e. The van der Waals surface area contributed by atoms with Crippen molar-refractivity contribution in [1.29, 1.82) is 0 Å². The van der Waals surface area contributed by atoms with E-state index in [1.165, 1.54) is 26.0 Å². The molecule has 0 spiro atoms. The normalized spacial score (nSPS) is 22.2. The lowest BCUT2D eigenvalue weighted by Gasteiger charge is -2.43. The summed E-state index contributed by atoms with van der Waals surface area (Å²) in [6, 6.07) is 5.83. The van der Waals surface area contributed by atoms with Crippen LogP contribution in [0, 0.1) is 17.0 Å². The monoisotopic (exact) mass is 486 g/mol. The third-order valence-electron chi connectivity index (χ3n) is 6.21. The summed E-state index contributed by atoms with van der Waals surface area (Å²) in [5, 5.41) is 20.4. The zero-order valence-electron chi connectivity index (χ0n) is 18.1. The van der Waals surface area contributed by atoms with Gasteiger partial charge < -0.3 is 10.2 Å². The summed E-state index contributed by atoms with van der Waals surface area (Å²) in [6.07, 6.45) is 0.276. The van der Waals surface area contributed by atoms with Gasteiger partial charge in [0.2, 0.25) is 0 Å². The van der Waals surface area contributed by atoms with Gasteiger partial charge in [-0.1, -0.05) is 35.3 Å².